The summed E-state index contributed by atoms with van der Waals surface area (Å²) in [6.07, 6.45) is 2.09. The first-order valence-electron chi connectivity index (χ1n) is 10.2. The molecule has 1 aliphatic rings. The molecule has 2 heterocycles. The van der Waals surface area contributed by atoms with Crippen LogP contribution in [0.1, 0.15) is 49.0 Å². The van der Waals surface area contributed by atoms with Gasteiger partial charge < -0.3 is 19.7 Å². The van der Waals surface area contributed by atoms with Crippen molar-refractivity contribution in [2.75, 3.05) is 13.1 Å². The van der Waals surface area contributed by atoms with E-state index in [9.17, 15) is 14.7 Å². The number of carbonyl (C=O) groups is 2. The Morgan fingerprint density at radius 3 is 2.55 bits per heavy atom. The number of halogens is 1. The van der Waals surface area contributed by atoms with Crippen molar-refractivity contribution in [3.8, 4) is 11.1 Å². The summed E-state index contributed by atoms with van der Waals surface area (Å²) < 4.78 is 5.48. The third-order valence-corrected chi connectivity index (χ3v) is 5.85. The highest BCUT2D eigenvalue weighted by molar-refractivity contribution is 6.34. The predicted octanol–water partition coefficient (Wildman–Crippen LogP) is 5.91. The maximum absolute atomic E-state index is 12.3. The molecule has 2 N–H and O–H groups in total. The minimum atomic E-state index is -0.981. The van der Waals surface area contributed by atoms with Gasteiger partial charge in [-0.2, -0.15) is 0 Å². The number of hydrogen-bond acceptors (Lipinski definition) is 3. The lowest BCUT2D eigenvalue weighted by Crippen LogP contribution is -2.35. The monoisotopic (exact) mass is 440 g/mol. The second kappa shape index (κ2) is 7.93. The lowest BCUT2D eigenvalue weighted by Gasteiger charge is -2.24. The second-order valence-electron chi connectivity index (χ2n) is 8.92. The van der Waals surface area contributed by atoms with Gasteiger partial charge in [-0.3, -0.25) is 0 Å². The standard InChI is InChI=1S/C24H25ClN2O4/c1-24(2,3)31-23(30)27-9-8-16(13-27)14-4-6-15(7-5-14)17-10-18-19(22(28)29)12-26-21(18)11-20(17)25/h4-7,10-12,16,26H,8-9,13H2,1-3H3,(H,28,29). The van der Waals surface area contributed by atoms with E-state index >= 15 is 0 Å². The highest BCUT2D eigenvalue weighted by Crippen LogP contribution is 2.35. The van der Waals surface area contributed by atoms with Gasteiger partial charge in [0.15, 0.2) is 0 Å². The molecule has 0 aliphatic carbocycles. The third-order valence-electron chi connectivity index (χ3n) is 5.53. The zero-order valence-corrected chi connectivity index (χ0v) is 18.5. The van der Waals surface area contributed by atoms with E-state index in [0.717, 1.165) is 23.1 Å². The van der Waals surface area contributed by atoms with E-state index in [1.54, 1.807) is 11.0 Å². The van der Waals surface area contributed by atoms with Gasteiger partial charge in [0.05, 0.1) is 10.6 Å². The molecule has 2 aromatic carbocycles. The smallest absolute Gasteiger partial charge is 0.410 e. The first-order chi connectivity index (χ1) is 14.6. The zero-order valence-electron chi connectivity index (χ0n) is 17.7. The summed E-state index contributed by atoms with van der Waals surface area (Å²) in [6.45, 7) is 6.91. The number of aromatic nitrogens is 1. The molecule has 1 atom stereocenters. The second-order valence-corrected chi connectivity index (χ2v) is 9.33. The molecule has 0 radical (unpaired) electrons. The number of fused-ring (bicyclic) bond motifs is 1. The Balaban J connectivity index is 1.54. The van der Waals surface area contributed by atoms with E-state index in [2.05, 4.69) is 4.98 Å². The number of carboxylic acids is 1. The van der Waals surface area contributed by atoms with Crippen molar-refractivity contribution < 1.29 is 19.4 Å². The molecule has 162 valence electrons. The number of carbonyl (C=O) groups excluding carboxylic acids is 1. The SMILES string of the molecule is CC(C)(C)OC(=O)N1CCC(c2ccc(-c3cc4c(C(=O)O)c[nH]c4cc3Cl)cc2)C1. The number of likely N-dealkylation sites (tertiary alicyclic amines) is 1. The molecule has 0 spiro atoms. The van der Waals surface area contributed by atoms with Crippen LogP contribution < -0.4 is 0 Å². The van der Waals surface area contributed by atoms with Gasteiger partial charge in [-0.15, -0.1) is 0 Å². The molecule has 31 heavy (non-hydrogen) atoms. The molecule has 1 aliphatic heterocycles. The van der Waals surface area contributed by atoms with E-state index in [0.29, 0.717) is 29.0 Å². The van der Waals surface area contributed by atoms with Gasteiger partial charge in [0.25, 0.3) is 0 Å². The highest BCUT2D eigenvalue weighted by Gasteiger charge is 2.30. The van der Waals surface area contributed by atoms with Crippen LogP contribution >= 0.6 is 11.6 Å². The topological polar surface area (TPSA) is 82.6 Å². The molecular formula is C24H25ClN2O4. The first kappa shape index (κ1) is 21.2. The van der Waals surface area contributed by atoms with E-state index < -0.39 is 11.6 Å². The third kappa shape index (κ3) is 4.39. The largest absolute Gasteiger partial charge is 0.478 e. The highest BCUT2D eigenvalue weighted by atomic mass is 35.5. The van der Waals surface area contributed by atoms with Gasteiger partial charge in [-0.05, 0) is 50.5 Å². The van der Waals surface area contributed by atoms with Crippen LogP contribution in [0.4, 0.5) is 4.79 Å². The molecule has 0 saturated carbocycles. The quantitative estimate of drug-likeness (QED) is 0.530. The van der Waals surface area contributed by atoms with Crippen molar-refractivity contribution in [2.24, 2.45) is 0 Å². The zero-order chi connectivity index (χ0) is 22.3. The summed E-state index contributed by atoms with van der Waals surface area (Å²) in [5.74, 6) is -0.728. The number of H-pyrrole nitrogens is 1. The number of aromatic amines is 1. The van der Waals surface area contributed by atoms with Crippen molar-refractivity contribution in [3.63, 3.8) is 0 Å². The molecule has 1 unspecified atom stereocenters. The van der Waals surface area contributed by atoms with Gasteiger partial charge in [0.1, 0.15) is 5.60 Å². The summed E-state index contributed by atoms with van der Waals surface area (Å²) >= 11 is 6.47. The van der Waals surface area contributed by atoms with Crippen molar-refractivity contribution in [3.05, 3.63) is 58.7 Å². The molecule has 1 amide bonds. The van der Waals surface area contributed by atoms with Gasteiger partial charge in [0.2, 0.25) is 0 Å². The molecule has 0 bridgehead atoms. The average Bonchev–Trinajstić information content (AvgIpc) is 3.33. The summed E-state index contributed by atoms with van der Waals surface area (Å²) in [5, 5.41) is 10.6. The van der Waals surface area contributed by atoms with E-state index in [1.807, 2.05) is 51.1 Å². The number of amides is 1. The van der Waals surface area contributed by atoms with Gasteiger partial charge in [0, 0.05) is 41.7 Å². The Bertz CT molecular complexity index is 1140. The predicted molar refractivity (Wildman–Crippen MR) is 121 cm³/mol. The minimum absolute atomic E-state index is 0.220. The molecule has 3 aromatic rings. The molecule has 1 saturated heterocycles. The van der Waals surface area contributed by atoms with Crippen molar-refractivity contribution in [1.29, 1.82) is 0 Å². The summed E-state index contributed by atoms with van der Waals surface area (Å²) in [4.78, 5) is 28.5. The first-order valence-corrected chi connectivity index (χ1v) is 10.6. The number of ether oxygens (including phenoxy) is 1. The Morgan fingerprint density at radius 2 is 1.90 bits per heavy atom. The number of nitrogens with one attached hydrogen (secondary N) is 1. The maximum atomic E-state index is 12.3. The number of hydrogen-bond donors (Lipinski definition) is 2. The van der Waals surface area contributed by atoms with Gasteiger partial charge >= 0.3 is 12.1 Å². The Hall–Kier alpha value is -2.99. The lowest BCUT2D eigenvalue weighted by atomic mass is 9.95. The van der Waals surface area contributed by atoms with Crippen LogP contribution in [-0.2, 0) is 4.74 Å². The molecular weight excluding hydrogens is 416 g/mol. The van der Waals surface area contributed by atoms with E-state index in [1.165, 1.54) is 6.20 Å². The van der Waals surface area contributed by atoms with Crippen LogP contribution in [0, 0.1) is 0 Å². The van der Waals surface area contributed by atoms with Gasteiger partial charge in [-0.25, -0.2) is 9.59 Å². The van der Waals surface area contributed by atoms with Crippen LogP contribution in [0.2, 0.25) is 5.02 Å². The fraction of sp³-hybridized carbons (Fsp3) is 0.333. The maximum Gasteiger partial charge on any atom is 0.410 e. The van der Waals surface area contributed by atoms with Crippen LogP contribution in [0.5, 0.6) is 0 Å². The number of benzene rings is 2. The molecule has 4 rings (SSSR count). The fourth-order valence-electron chi connectivity index (χ4n) is 4.00. The number of carboxylic acid groups (broad SMARTS) is 1. The van der Waals surface area contributed by atoms with Crippen LogP contribution in [0.15, 0.2) is 42.6 Å². The molecule has 7 heteroatoms. The van der Waals surface area contributed by atoms with E-state index in [4.69, 9.17) is 16.3 Å². The molecule has 1 aromatic heterocycles. The number of nitrogens with zero attached hydrogens (tertiary/aromatic N) is 1. The van der Waals surface area contributed by atoms with Crippen LogP contribution in [-0.4, -0.2) is 45.7 Å². The fourth-order valence-corrected chi connectivity index (χ4v) is 4.27. The van der Waals surface area contributed by atoms with Crippen molar-refractivity contribution >= 4 is 34.6 Å². The summed E-state index contributed by atoms with van der Waals surface area (Å²) in [7, 11) is 0. The average molecular weight is 441 g/mol. The Morgan fingerprint density at radius 1 is 1.19 bits per heavy atom. The Kier molecular flexibility index (Phi) is 5.43. The van der Waals surface area contributed by atoms with E-state index in [-0.39, 0.29) is 17.6 Å². The van der Waals surface area contributed by atoms with Crippen molar-refractivity contribution in [2.45, 2.75) is 38.7 Å². The molecule has 1 fully saturated rings. The van der Waals surface area contributed by atoms with Gasteiger partial charge in [-0.1, -0.05) is 35.9 Å². The summed E-state index contributed by atoms with van der Waals surface area (Å²) in [5.41, 5.74) is 3.25. The Labute approximate surface area is 185 Å². The van der Waals surface area contributed by atoms with Crippen molar-refractivity contribution in [1.82, 2.24) is 9.88 Å². The normalized spacial score (nSPS) is 16.6. The van der Waals surface area contributed by atoms with Crippen LogP contribution in [0.3, 0.4) is 0 Å². The minimum Gasteiger partial charge on any atom is -0.478 e. The molecule has 6 nitrogen and oxygen atoms in total. The lowest BCUT2D eigenvalue weighted by molar-refractivity contribution is 0.0292. The van der Waals surface area contributed by atoms with Crippen LogP contribution in [0.25, 0.3) is 22.0 Å². The number of rotatable bonds is 3. The number of aromatic carboxylic acids is 1. The summed E-state index contributed by atoms with van der Waals surface area (Å²) in [6, 6.07) is 11.6.